The molecule has 3 nitrogen and oxygen atoms in total. The molecule has 0 fully saturated rings. The van der Waals surface area contributed by atoms with Crippen molar-refractivity contribution in [2.75, 3.05) is 0 Å². The molecule has 0 saturated heterocycles. The second-order valence-electron chi connectivity index (χ2n) is 3.91. The lowest BCUT2D eigenvalue weighted by Gasteiger charge is -2.04. The van der Waals surface area contributed by atoms with Crippen LogP contribution in [0.2, 0.25) is 0 Å². The fraction of sp³-hybridized carbons (Fsp3) is 0. The summed E-state index contributed by atoms with van der Waals surface area (Å²) in [6.45, 7) is 0. The summed E-state index contributed by atoms with van der Waals surface area (Å²) >= 11 is 1.57. The van der Waals surface area contributed by atoms with Crippen LogP contribution < -0.4 is 0 Å². The zero-order chi connectivity index (χ0) is 13.1. The number of nitriles is 1. The van der Waals surface area contributed by atoms with Crippen molar-refractivity contribution in [2.24, 2.45) is 0 Å². The van der Waals surface area contributed by atoms with Gasteiger partial charge in [-0.05, 0) is 11.4 Å². The van der Waals surface area contributed by atoms with Gasteiger partial charge in [-0.2, -0.15) is 5.26 Å². The average molecular weight is 263 g/mol. The standard InChI is InChI=1S/C15H9N3S/c16-9-12-10-17-15(11-5-2-1-3-6-11)18-14(12)13-7-4-8-19-13/h1-8,10H. The number of nitrogens with zero attached hydrogens (tertiary/aromatic N) is 3. The van der Waals surface area contributed by atoms with Crippen molar-refractivity contribution in [2.45, 2.75) is 0 Å². The van der Waals surface area contributed by atoms with E-state index in [4.69, 9.17) is 5.26 Å². The Kier molecular flexibility index (Phi) is 3.05. The number of thiophene rings is 1. The summed E-state index contributed by atoms with van der Waals surface area (Å²) in [5.74, 6) is 0.642. The molecule has 0 aliphatic heterocycles. The number of rotatable bonds is 2. The molecule has 0 N–H and O–H groups in total. The fourth-order valence-electron chi connectivity index (χ4n) is 1.79. The van der Waals surface area contributed by atoms with Gasteiger partial charge in [0.05, 0.1) is 10.4 Å². The lowest BCUT2D eigenvalue weighted by Crippen LogP contribution is -1.94. The molecule has 0 unspecified atom stereocenters. The Labute approximate surface area is 114 Å². The summed E-state index contributed by atoms with van der Waals surface area (Å²) < 4.78 is 0. The molecule has 0 bridgehead atoms. The molecule has 0 aliphatic rings. The first-order valence-corrected chi connectivity index (χ1v) is 6.63. The molecule has 19 heavy (non-hydrogen) atoms. The number of hydrogen-bond acceptors (Lipinski definition) is 4. The number of aromatic nitrogens is 2. The molecule has 90 valence electrons. The van der Waals surface area contributed by atoms with Gasteiger partial charge in [0.2, 0.25) is 0 Å². The van der Waals surface area contributed by atoms with E-state index in [1.807, 2.05) is 47.8 Å². The summed E-state index contributed by atoms with van der Waals surface area (Å²) in [4.78, 5) is 9.78. The SMILES string of the molecule is N#Cc1cnc(-c2ccccc2)nc1-c1cccs1. The first-order valence-electron chi connectivity index (χ1n) is 5.75. The van der Waals surface area contributed by atoms with Gasteiger partial charge in [-0.25, -0.2) is 9.97 Å². The minimum absolute atomic E-state index is 0.502. The molecule has 2 aromatic heterocycles. The van der Waals surface area contributed by atoms with E-state index in [0.29, 0.717) is 17.1 Å². The van der Waals surface area contributed by atoms with Crippen molar-refractivity contribution in [3.8, 4) is 28.0 Å². The van der Waals surface area contributed by atoms with E-state index in [2.05, 4.69) is 16.0 Å². The van der Waals surface area contributed by atoms with Crippen LogP contribution in [0.5, 0.6) is 0 Å². The van der Waals surface area contributed by atoms with Crippen LogP contribution in [-0.2, 0) is 0 Å². The summed E-state index contributed by atoms with van der Waals surface area (Å²) in [5, 5.41) is 11.1. The molecule has 1 aromatic carbocycles. The predicted molar refractivity (Wildman–Crippen MR) is 75.5 cm³/mol. The fourth-order valence-corrected chi connectivity index (χ4v) is 2.52. The van der Waals surface area contributed by atoms with Gasteiger partial charge in [0.1, 0.15) is 11.8 Å². The highest BCUT2D eigenvalue weighted by Crippen LogP contribution is 2.27. The zero-order valence-electron chi connectivity index (χ0n) is 9.95. The van der Waals surface area contributed by atoms with Crippen LogP contribution in [0.4, 0.5) is 0 Å². The molecule has 0 atom stereocenters. The molecule has 0 radical (unpaired) electrons. The molecule has 0 spiro atoms. The van der Waals surface area contributed by atoms with E-state index in [0.717, 1.165) is 10.4 Å². The molecule has 2 heterocycles. The van der Waals surface area contributed by atoms with Crippen molar-refractivity contribution >= 4 is 11.3 Å². The maximum absolute atomic E-state index is 9.15. The third-order valence-electron chi connectivity index (χ3n) is 2.70. The highest BCUT2D eigenvalue weighted by Gasteiger charge is 2.11. The van der Waals surface area contributed by atoms with Crippen LogP contribution in [0.1, 0.15) is 5.56 Å². The Morgan fingerprint density at radius 2 is 1.89 bits per heavy atom. The third kappa shape index (κ3) is 2.24. The molecule has 0 amide bonds. The Hall–Kier alpha value is -2.51. The Bertz CT molecular complexity index is 728. The monoisotopic (exact) mass is 263 g/mol. The minimum atomic E-state index is 0.502. The zero-order valence-corrected chi connectivity index (χ0v) is 10.8. The van der Waals surface area contributed by atoms with Gasteiger partial charge in [0.15, 0.2) is 5.82 Å². The molecule has 0 saturated carbocycles. The first-order chi connectivity index (χ1) is 9.38. The highest BCUT2D eigenvalue weighted by atomic mass is 32.1. The average Bonchev–Trinajstić information content (AvgIpc) is 3.01. The normalized spacial score (nSPS) is 10.1. The van der Waals surface area contributed by atoms with E-state index in [1.165, 1.54) is 0 Å². The van der Waals surface area contributed by atoms with Gasteiger partial charge in [-0.3, -0.25) is 0 Å². The molecular weight excluding hydrogens is 254 g/mol. The minimum Gasteiger partial charge on any atom is -0.235 e. The summed E-state index contributed by atoms with van der Waals surface area (Å²) in [5.41, 5.74) is 2.15. The molecule has 0 aliphatic carbocycles. The maximum Gasteiger partial charge on any atom is 0.159 e. The van der Waals surface area contributed by atoms with Crippen molar-refractivity contribution < 1.29 is 0 Å². The highest BCUT2D eigenvalue weighted by molar-refractivity contribution is 7.13. The topological polar surface area (TPSA) is 49.6 Å². The van der Waals surface area contributed by atoms with Crippen molar-refractivity contribution in [3.63, 3.8) is 0 Å². The predicted octanol–water partition coefficient (Wildman–Crippen LogP) is 3.74. The first kappa shape index (κ1) is 11.6. The molecule has 3 aromatic rings. The number of benzene rings is 1. The van der Waals surface area contributed by atoms with E-state index >= 15 is 0 Å². The number of hydrogen-bond donors (Lipinski definition) is 0. The lowest BCUT2D eigenvalue weighted by atomic mass is 10.1. The summed E-state index contributed by atoms with van der Waals surface area (Å²) in [6.07, 6.45) is 1.59. The lowest BCUT2D eigenvalue weighted by molar-refractivity contribution is 1.17. The van der Waals surface area contributed by atoms with Crippen molar-refractivity contribution in [1.82, 2.24) is 9.97 Å². The molecular formula is C15H9N3S. The largest absolute Gasteiger partial charge is 0.235 e. The van der Waals surface area contributed by atoms with Crippen LogP contribution in [0.15, 0.2) is 54.0 Å². The van der Waals surface area contributed by atoms with Gasteiger partial charge < -0.3 is 0 Å². The van der Waals surface area contributed by atoms with E-state index < -0.39 is 0 Å². The molecule has 3 rings (SSSR count). The smallest absolute Gasteiger partial charge is 0.159 e. The Morgan fingerprint density at radius 1 is 1.05 bits per heavy atom. The van der Waals surface area contributed by atoms with Gasteiger partial charge in [-0.1, -0.05) is 36.4 Å². The molecule has 4 heteroatoms. The summed E-state index contributed by atoms with van der Waals surface area (Å²) in [7, 11) is 0. The Balaban J connectivity index is 2.16. The van der Waals surface area contributed by atoms with Crippen LogP contribution in [0.3, 0.4) is 0 Å². The van der Waals surface area contributed by atoms with Gasteiger partial charge in [-0.15, -0.1) is 11.3 Å². The van der Waals surface area contributed by atoms with Crippen LogP contribution in [-0.4, -0.2) is 9.97 Å². The second kappa shape index (κ2) is 5.01. The van der Waals surface area contributed by atoms with E-state index in [-0.39, 0.29) is 0 Å². The van der Waals surface area contributed by atoms with Crippen LogP contribution >= 0.6 is 11.3 Å². The van der Waals surface area contributed by atoms with Crippen molar-refractivity contribution in [3.05, 3.63) is 59.6 Å². The van der Waals surface area contributed by atoms with Crippen LogP contribution in [0.25, 0.3) is 22.0 Å². The van der Waals surface area contributed by atoms with E-state index in [1.54, 1.807) is 17.5 Å². The van der Waals surface area contributed by atoms with E-state index in [9.17, 15) is 0 Å². The van der Waals surface area contributed by atoms with Crippen molar-refractivity contribution in [1.29, 1.82) is 5.26 Å². The quantitative estimate of drug-likeness (QED) is 0.707. The van der Waals surface area contributed by atoms with Gasteiger partial charge in [0, 0.05) is 11.8 Å². The van der Waals surface area contributed by atoms with Gasteiger partial charge in [0.25, 0.3) is 0 Å². The van der Waals surface area contributed by atoms with Crippen LogP contribution in [0, 0.1) is 11.3 Å². The second-order valence-corrected chi connectivity index (χ2v) is 4.86. The summed E-state index contributed by atoms with van der Waals surface area (Å²) in [6, 6.07) is 15.8. The maximum atomic E-state index is 9.15. The third-order valence-corrected chi connectivity index (χ3v) is 3.57. The Morgan fingerprint density at radius 3 is 2.58 bits per heavy atom. The van der Waals surface area contributed by atoms with Gasteiger partial charge >= 0.3 is 0 Å².